The van der Waals surface area contributed by atoms with Crippen molar-refractivity contribution >= 4 is 11.8 Å². The molecule has 15 atom stereocenters. The number of carbonyl (C=O) groups is 2. The molecular weight excluding hydrogens is 608 g/mol. The van der Waals surface area contributed by atoms with Gasteiger partial charge in [0, 0.05) is 11.3 Å². The fourth-order valence-corrected chi connectivity index (χ4v) is 10.9. The molecule has 0 radical (unpaired) electrons. The fourth-order valence-electron chi connectivity index (χ4n) is 10.9. The van der Waals surface area contributed by atoms with Gasteiger partial charge in [-0.3, -0.25) is 9.59 Å². The van der Waals surface area contributed by atoms with E-state index in [1.807, 2.05) is 13.0 Å². The fraction of sp³-hybridized carbons (Fsp3) is 0.889. The third-order valence-corrected chi connectivity index (χ3v) is 14.6. The van der Waals surface area contributed by atoms with Crippen LogP contribution < -0.4 is 0 Å². The van der Waals surface area contributed by atoms with Crippen molar-refractivity contribution in [3.05, 3.63) is 11.6 Å². The summed E-state index contributed by atoms with van der Waals surface area (Å²) in [6.07, 6.45) is -2.42. The molecule has 4 fully saturated rings. The number of carbonyl (C=O) groups excluding carboxylic acids is 2. The topological polar surface area (TPSA) is 194 Å². The Morgan fingerprint density at radius 2 is 1.62 bits per heavy atom. The second-order valence-electron chi connectivity index (χ2n) is 16.8. The van der Waals surface area contributed by atoms with Gasteiger partial charge in [0.1, 0.15) is 30.2 Å². The molecule has 0 aromatic rings. The van der Waals surface area contributed by atoms with Gasteiger partial charge in [0.15, 0.2) is 0 Å². The van der Waals surface area contributed by atoms with Crippen molar-refractivity contribution in [2.45, 2.75) is 142 Å². The third-order valence-electron chi connectivity index (χ3n) is 14.6. The van der Waals surface area contributed by atoms with Crippen LogP contribution in [0, 0.1) is 44.8 Å². The summed E-state index contributed by atoms with van der Waals surface area (Å²) in [6.45, 7) is 11.3. The number of Topliss-reactive ketones (excluding diaryl/α,β-unsaturated/α-hetero) is 1. The van der Waals surface area contributed by atoms with E-state index in [9.17, 15) is 45.3 Å². The van der Waals surface area contributed by atoms with Crippen LogP contribution in [0.5, 0.6) is 0 Å². The highest BCUT2D eigenvalue weighted by Crippen LogP contribution is 2.74. The predicted octanol–water partition coefficient (Wildman–Crippen LogP) is 2.00. The Labute approximate surface area is 278 Å². The third kappa shape index (κ3) is 5.55. The molecule has 4 aliphatic carbocycles. The molecule has 47 heavy (non-hydrogen) atoms. The molecule has 5 aliphatic rings. The first kappa shape index (κ1) is 36.8. The highest BCUT2D eigenvalue weighted by Gasteiger charge is 2.69. The van der Waals surface area contributed by atoms with E-state index in [0.717, 1.165) is 24.8 Å². The number of ether oxygens (including phenoxy) is 2. The van der Waals surface area contributed by atoms with Gasteiger partial charge in [0.05, 0.1) is 30.8 Å². The molecule has 268 valence electrons. The maximum Gasteiger partial charge on any atom is 0.318 e. The first-order valence-corrected chi connectivity index (χ1v) is 17.6. The second-order valence-corrected chi connectivity index (χ2v) is 16.8. The van der Waals surface area contributed by atoms with Gasteiger partial charge in [-0.15, -0.1) is 0 Å². The van der Waals surface area contributed by atoms with E-state index in [0.29, 0.717) is 32.1 Å². The smallest absolute Gasteiger partial charge is 0.318 e. The van der Waals surface area contributed by atoms with Crippen LogP contribution in [0.1, 0.15) is 99.3 Å². The SMILES string of the molecule is CC(=O)[C@H](C)CC[C@@]1(C(=O)O[C@@H]2O[C@H](CO)[C@@H](O)[C@H](O)[C@H]2O)C=C2[C@@H](O)C[C@@H]3[C@@]4(C)CC[C@@H](O)[C@](C)(CO)[C@H]4CC[C@@]3(C)[C@]2(C)CC1. The monoisotopic (exact) mass is 666 g/mol. The molecule has 0 amide bonds. The highest BCUT2D eigenvalue weighted by atomic mass is 16.7. The molecule has 11 heteroatoms. The molecule has 0 unspecified atom stereocenters. The normalized spacial score (nSPS) is 50.3. The predicted molar refractivity (Wildman–Crippen MR) is 170 cm³/mol. The maximum atomic E-state index is 14.2. The Bertz CT molecular complexity index is 1240. The Kier molecular flexibility index (Phi) is 9.96. The van der Waals surface area contributed by atoms with Crippen LogP contribution >= 0.6 is 0 Å². The van der Waals surface area contributed by atoms with Gasteiger partial charge >= 0.3 is 5.97 Å². The van der Waals surface area contributed by atoms with Crippen molar-refractivity contribution in [3.63, 3.8) is 0 Å². The molecule has 0 bridgehead atoms. The number of esters is 1. The van der Waals surface area contributed by atoms with E-state index in [2.05, 4.69) is 20.8 Å². The molecule has 5 rings (SSSR count). The summed E-state index contributed by atoms with van der Waals surface area (Å²) in [4.78, 5) is 26.5. The summed E-state index contributed by atoms with van der Waals surface area (Å²) in [5.41, 5.74) is -2.05. The van der Waals surface area contributed by atoms with Crippen LogP contribution in [0.3, 0.4) is 0 Å². The van der Waals surface area contributed by atoms with E-state index >= 15 is 0 Å². The van der Waals surface area contributed by atoms with E-state index in [1.54, 1.807) is 6.92 Å². The van der Waals surface area contributed by atoms with Crippen LogP contribution in [-0.4, -0.2) is 104 Å². The number of hydrogen-bond acceptors (Lipinski definition) is 11. The Hall–Kier alpha value is -1.44. The van der Waals surface area contributed by atoms with E-state index < -0.39 is 71.7 Å². The minimum Gasteiger partial charge on any atom is -0.432 e. The number of rotatable bonds is 8. The van der Waals surface area contributed by atoms with E-state index in [-0.39, 0.29) is 47.4 Å². The van der Waals surface area contributed by atoms with Crippen molar-refractivity contribution in [1.82, 2.24) is 0 Å². The number of ketones is 1. The highest BCUT2D eigenvalue weighted by molar-refractivity contribution is 5.81. The summed E-state index contributed by atoms with van der Waals surface area (Å²) in [6, 6.07) is 0. The van der Waals surface area contributed by atoms with E-state index in [1.165, 1.54) is 6.92 Å². The minimum atomic E-state index is -1.75. The average Bonchev–Trinajstić information content (AvgIpc) is 3.03. The van der Waals surface area contributed by atoms with Crippen molar-refractivity contribution in [2.24, 2.45) is 44.8 Å². The van der Waals surface area contributed by atoms with Crippen LogP contribution in [0.15, 0.2) is 11.6 Å². The zero-order chi connectivity index (χ0) is 34.9. The molecule has 1 heterocycles. The lowest BCUT2D eigenvalue weighted by molar-refractivity contribution is -0.295. The van der Waals surface area contributed by atoms with Crippen molar-refractivity contribution < 1.29 is 54.8 Å². The second kappa shape index (κ2) is 12.7. The molecule has 1 aliphatic heterocycles. The first-order chi connectivity index (χ1) is 21.8. The molecule has 3 saturated carbocycles. The van der Waals surface area contributed by atoms with E-state index in [4.69, 9.17) is 9.47 Å². The molecule has 0 aromatic heterocycles. The van der Waals surface area contributed by atoms with Gasteiger partial charge < -0.3 is 45.2 Å². The number of aliphatic hydroxyl groups excluding tert-OH is 7. The lowest BCUT2D eigenvalue weighted by Gasteiger charge is -2.70. The molecule has 1 saturated heterocycles. The number of fused-ring (bicyclic) bond motifs is 5. The summed E-state index contributed by atoms with van der Waals surface area (Å²) in [7, 11) is 0. The Morgan fingerprint density at radius 3 is 2.23 bits per heavy atom. The summed E-state index contributed by atoms with van der Waals surface area (Å²) in [5.74, 6) is -0.860. The van der Waals surface area contributed by atoms with Gasteiger partial charge in [0.2, 0.25) is 6.29 Å². The van der Waals surface area contributed by atoms with Crippen LogP contribution in [-0.2, 0) is 19.1 Å². The maximum absolute atomic E-state index is 14.2. The van der Waals surface area contributed by atoms with Gasteiger partial charge in [-0.2, -0.15) is 0 Å². The summed E-state index contributed by atoms with van der Waals surface area (Å²) >= 11 is 0. The quantitative estimate of drug-likeness (QED) is 0.148. The van der Waals surface area contributed by atoms with Crippen molar-refractivity contribution in [3.8, 4) is 0 Å². The van der Waals surface area contributed by atoms with Gasteiger partial charge in [0.25, 0.3) is 0 Å². The lowest BCUT2D eigenvalue weighted by Crippen LogP contribution is -2.66. The lowest BCUT2D eigenvalue weighted by atomic mass is 9.34. The molecule has 7 N–H and O–H groups in total. The Morgan fingerprint density at radius 1 is 0.936 bits per heavy atom. The standard InChI is InChI=1S/C36H58O11/c1-19(20(2)39)7-12-36(31(45)47-30-29(44)28(43)27(42)23(17-37)46-30)14-13-34(5)21(16-36)22(40)15-25-32(3)10-9-26(41)33(4,18-38)24(32)8-11-35(25,34)6/h16,19,22-30,37-38,40-44H,7-15,17-18H2,1-6H3/t19-,22+,23-,24+,25-,26-,27-,28+,29-,30+,32+,33-,34-,35-,36+/m1/s1. The zero-order valence-corrected chi connectivity index (χ0v) is 28.9. The molecule has 0 aromatic carbocycles. The van der Waals surface area contributed by atoms with Crippen LogP contribution in [0.2, 0.25) is 0 Å². The number of hydrogen-bond donors (Lipinski definition) is 7. The first-order valence-electron chi connectivity index (χ1n) is 17.6. The van der Waals surface area contributed by atoms with Crippen molar-refractivity contribution in [2.75, 3.05) is 13.2 Å². The largest absolute Gasteiger partial charge is 0.432 e. The zero-order valence-electron chi connectivity index (χ0n) is 28.9. The van der Waals surface area contributed by atoms with Gasteiger partial charge in [-0.05, 0) is 98.4 Å². The van der Waals surface area contributed by atoms with Gasteiger partial charge in [-0.25, -0.2) is 0 Å². The molecule has 0 spiro atoms. The summed E-state index contributed by atoms with van der Waals surface area (Å²) in [5, 5.41) is 74.4. The van der Waals surface area contributed by atoms with Crippen molar-refractivity contribution in [1.29, 1.82) is 0 Å². The number of aliphatic hydroxyl groups is 7. The molecular formula is C36H58O11. The van der Waals surface area contributed by atoms with Crippen LogP contribution in [0.25, 0.3) is 0 Å². The average molecular weight is 667 g/mol. The summed E-state index contributed by atoms with van der Waals surface area (Å²) < 4.78 is 11.3. The van der Waals surface area contributed by atoms with Crippen LogP contribution in [0.4, 0.5) is 0 Å². The minimum absolute atomic E-state index is 0.0127. The van der Waals surface area contributed by atoms with Gasteiger partial charge in [-0.1, -0.05) is 40.7 Å². The Balaban J connectivity index is 1.51. The molecule has 11 nitrogen and oxygen atoms in total.